The summed E-state index contributed by atoms with van der Waals surface area (Å²) >= 11 is 0. The smallest absolute Gasteiger partial charge is 0.115 e. The molecule has 3 rings (SSSR count). The molecule has 0 bridgehead atoms. The summed E-state index contributed by atoms with van der Waals surface area (Å²) in [5.74, 6) is 0. The first kappa shape index (κ1) is 13.2. The van der Waals surface area contributed by atoms with Gasteiger partial charge >= 0.3 is 0 Å². The molecule has 4 nitrogen and oxygen atoms in total. The van der Waals surface area contributed by atoms with Crippen LogP contribution in [0.4, 0.5) is 0 Å². The second-order valence-corrected chi connectivity index (χ2v) is 5.37. The van der Waals surface area contributed by atoms with Crippen molar-refractivity contribution in [2.24, 2.45) is 0 Å². The molecule has 1 aliphatic rings. The lowest BCUT2D eigenvalue weighted by Crippen LogP contribution is -2.50. The standard InChI is InChI=1S/C16H20N4/c1-13-10-20(11-15-7-8-17-12-19-15)16(9-18-13)14-5-3-2-4-6-14/h2-8,12-13,16,18H,9-11H2,1H3. The van der Waals surface area contributed by atoms with Crippen molar-refractivity contribution in [3.05, 3.63) is 60.2 Å². The van der Waals surface area contributed by atoms with Gasteiger partial charge in [-0.25, -0.2) is 9.97 Å². The van der Waals surface area contributed by atoms with E-state index in [0.29, 0.717) is 12.1 Å². The van der Waals surface area contributed by atoms with Gasteiger partial charge in [0.1, 0.15) is 6.33 Å². The van der Waals surface area contributed by atoms with Gasteiger partial charge < -0.3 is 5.32 Å². The van der Waals surface area contributed by atoms with Gasteiger partial charge in [-0.1, -0.05) is 30.3 Å². The SMILES string of the molecule is CC1CN(Cc2ccncn2)C(c2ccccc2)CN1. The number of piperazine rings is 1. The Morgan fingerprint density at radius 1 is 1.25 bits per heavy atom. The Balaban J connectivity index is 1.80. The summed E-state index contributed by atoms with van der Waals surface area (Å²) in [5, 5.41) is 3.57. The molecule has 4 heteroatoms. The van der Waals surface area contributed by atoms with Crippen molar-refractivity contribution in [1.29, 1.82) is 0 Å². The van der Waals surface area contributed by atoms with Crippen molar-refractivity contribution >= 4 is 0 Å². The minimum absolute atomic E-state index is 0.405. The first-order valence-corrected chi connectivity index (χ1v) is 7.10. The molecule has 0 radical (unpaired) electrons. The van der Waals surface area contributed by atoms with Gasteiger partial charge in [0.25, 0.3) is 0 Å². The van der Waals surface area contributed by atoms with E-state index in [4.69, 9.17) is 0 Å². The Kier molecular flexibility index (Phi) is 4.04. The molecule has 2 aromatic rings. The maximum absolute atomic E-state index is 4.35. The highest BCUT2D eigenvalue weighted by molar-refractivity contribution is 5.20. The van der Waals surface area contributed by atoms with Crippen molar-refractivity contribution < 1.29 is 0 Å². The average molecular weight is 268 g/mol. The van der Waals surface area contributed by atoms with Crippen molar-refractivity contribution in [3.63, 3.8) is 0 Å². The van der Waals surface area contributed by atoms with Gasteiger partial charge in [0.2, 0.25) is 0 Å². The predicted molar refractivity (Wildman–Crippen MR) is 79.1 cm³/mol. The summed E-state index contributed by atoms with van der Waals surface area (Å²) in [6.07, 6.45) is 3.43. The van der Waals surface area contributed by atoms with Crippen molar-refractivity contribution in [1.82, 2.24) is 20.2 Å². The second kappa shape index (κ2) is 6.11. The first-order valence-electron chi connectivity index (χ1n) is 7.10. The van der Waals surface area contributed by atoms with Gasteiger partial charge in [0.15, 0.2) is 0 Å². The van der Waals surface area contributed by atoms with Crippen LogP contribution in [-0.4, -0.2) is 34.0 Å². The van der Waals surface area contributed by atoms with E-state index >= 15 is 0 Å². The van der Waals surface area contributed by atoms with Crippen LogP contribution in [-0.2, 0) is 6.54 Å². The number of aromatic nitrogens is 2. The fraction of sp³-hybridized carbons (Fsp3) is 0.375. The minimum Gasteiger partial charge on any atom is -0.311 e. The summed E-state index contributed by atoms with van der Waals surface area (Å²) in [6.45, 7) is 5.11. The lowest BCUT2D eigenvalue weighted by atomic mass is 10.0. The molecule has 20 heavy (non-hydrogen) atoms. The van der Waals surface area contributed by atoms with E-state index in [1.165, 1.54) is 5.56 Å². The third-order valence-corrected chi connectivity index (χ3v) is 3.80. The Morgan fingerprint density at radius 3 is 2.85 bits per heavy atom. The van der Waals surface area contributed by atoms with Crippen LogP contribution in [0.25, 0.3) is 0 Å². The quantitative estimate of drug-likeness (QED) is 0.924. The van der Waals surface area contributed by atoms with Gasteiger partial charge in [-0.3, -0.25) is 4.90 Å². The molecule has 1 aromatic carbocycles. The average Bonchev–Trinajstić information content (AvgIpc) is 2.49. The maximum Gasteiger partial charge on any atom is 0.115 e. The molecular formula is C16H20N4. The zero-order valence-electron chi connectivity index (χ0n) is 11.7. The number of nitrogens with one attached hydrogen (secondary N) is 1. The zero-order valence-corrected chi connectivity index (χ0v) is 11.7. The fourth-order valence-electron chi connectivity index (χ4n) is 2.78. The van der Waals surface area contributed by atoms with Crippen molar-refractivity contribution in [3.8, 4) is 0 Å². The van der Waals surface area contributed by atoms with Crippen molar-refractivity contribution in [2.45, 2.75) is 25.6 Å². The van der Waals surface area contributed by atoms with E-state index in [9.17, 15) is 0 Å². The van der Waals surface area contributed by atoms with Crippen LogP contribution in [0.1, 0.15) is 24.2 Å². The summed E-state index contributed by atoms with van der Waals surface area (Å²) in [7, 11) is 0. The molecule has 2 atom stereocenters. The Hall–Kier alpha value is -1.78. The van der Waals surface area contributed by atoms with E-state index in [1.54, 1.807) is 6.33 Å². The topological polar surface area (TPSA) is 41.1 Å². The van der Waals surface area contributed by atoms with Crippen LogP contribution < -0.4 is 5.32 Å². The number of nitrogens with zero attached hydrogens (tertiary/aromatic N) is 3. The molecular weight excluding hydrogens is 248 g/mol. The van der Waals surface area contributed by atoms with Crippen LogP contribution in [0, 0.1) is 0 Å². The molecule has 0 spiro atoms. The molecule has 104 valence electrons. The zero-order chi connectivity index (χ0) is 13.8. The van der Waals surface area contributed by atoms with Gasteiger partial charge in [-0.05, 0) is 18.6 Å². The molecule has 0 aliphatic carbocycles. The molecule has 0 saturated carbocycles. The van der Waals surface area contributed by atoms with Gasteiger partial charge in [0, 0.05) is 37.9 Å². The van der Waals surface area contributed by atoms with Gasteiger partial charge in [0.05, 0.1) is 5.69 Å². The summed E-state index contributed by atoms with van der Waals surface area (Å²) in [6, 6.07) is 13.6. The van der Waals surface area contributed by atoms with E-state index in [-0.39, 0.29) is 0 Å². The monoisotopic (exact) mass is 268 g/mol. The summed E-state index contributed by atoms with van der Waals surface area (Å²) in [4.78, 5) is 10.8. The van der Waals surface area contributed by atoms with Crippen LogP contribution in [0.15, 0.2) is 48.9 Å². The third-order valence-electron chi connectivity index (χ3n) is 3.80. The van der Waals surface area contributed by atoms with Crippen LogP contribution in [0.2, 0.25) is 0 Å². The Labute approximate surface area is 119 Å². The molecule has 1 saturated heterocycles. The fourth-order valence-corrected chi connectivity index (χ4v) is 2.78. The van der Waals surface area contributed by atoms with E-state index in [2.05, 4.69) is 57.4 Å². The van der Waals surface area contributed by atoms with E-state index < -0.39 is 0 Å². The van der Waals surface area contributed by atoms with Crippen LogP contribution in [0.3, 0.4) is 0 Å². The van der Waals surface area contributed by atoms with Crippen LogP contribution in [0.5, 0.6) is 0 Å². The number of hydrogen-bond acceptors (Lipinski definition) is 4. The highest BCUT2D eigenvalue weighted by Gasteiger charge is 2.27. The lowest BCUT2D eigenvalue weighted by molar-refractivity contribution is 0.126. The largest absolute Gasteiger partial charge is 0.311 e. The molecule has 0 amide bonds. The minimum atomic E-state index is 0.405. The Morgan fingerprint density at radius 2 is 2.10 bits per heavy atom. The molecule has 1 N–H and O–H groups in total. The van der Waals surface area contributed by atoms with E-state index in [0.717, 1.165) is 25.3 Å². The summed E-state index contributed by atoms with van der Waals surface area (Å²) < 4.78 is 0. The predicted octanol–water partition coefficient (Wildman–Crippen LogP) is 2.01. The third kappa shape index (κ3) is 3.03. The van der Waals surface area contributed by atoms with Crippen molar-refractivity contribution in [2.75, 3.05) is 13.1 Å². The highest BCUT2D eigenvalue weighted by Crippen LogP contribution is 2.24. The number of benzene rings is 1. The number of rotatable bonds is 3. The lowest BCUT2D eigenvalue weighted by Gasteiger charge is -2.39. The van der Waals surface area contributed by atoms with E-state index in [1.807, 2.05) is 12.3 Å². The number of hydrogen-bond donors (Lipinski definition) is 1. The molecule has 1 fully saturated rings. The van der Waals surface area contributed by atoms with Crippen LogP contribution >= 0.6 is 0 Å². The highest BCUT2D eigenvalue weighted by atomic mass is 15.2. The molecule has 2 unspecified atom stereocenters. The first-order chi connectivity index (χ1) is 9.83. The van der Waals surface area contributed by atoms with Gasteiger partial charge in [-0.2, -0.15) is 0 Å². The molecule has 1 aromatic heterocycles. The normalized spacial score (nSPS) is 23.6. The summed E-state index contributed by atoms with van der Waals surface area (Å²) in [5.41, 5.74) is 2.44. The second-order valence-electron chi connectivity index (χ2n) is 5.37. The maximum atomic E-state index is 4.35. The van der Waals surface area contributed by atoms with Gasteiger partial charge in [-0.15, -0.1) is 0 Å². The molecule has 1 aliphatic heterocycles. The Bertz CT molecular complexity index is 529. The molecule has 2 heterocycles.